The molecule has 11 rings (SSSR count). The Balaban J connectivity index is 1.07. The number of benzene rings is 8. The second-order valence-electron chi connectivity index (χ2n) is 13.8. The van der Waals surface area contributed by atoms with Gasteiger partial charge >= 0.3 is 0 Å². The number of hydrogen-bond acceptors (Lipinski definition) is 1. The molecule has 52 heavy (non-hydrogen) atoms. The molecule has 0 N–H and O–H groups in total. The van der Waals surface area contributed by atoms with Crippen molar-refractivity contribution in [3.8, 4) is 22.5 Å². The first-order valence-electron chi connectivity index (χ1n) is 18.0. The lowest BCUT2D eigenvalue weighted by molar-refractivity contribution is 1.07. The average Bonchev–Trinajstić information content (AvgIpc) is 3.73. The van der Waals surface area contributed by atoms with Crippen molar-refractivity contribution < 1.29 is 0 Å². The Kier molecular flexibility index (Phi) is 6.31. The molecule has 3 heterocycles. The molecule has 0 saturated carbocycles. The molecule has 3 heteroatoms. The first kappa shape index (κ1) is 28.9. The fraction of sp³-hybridized carbons (Fsp3) is 0.0204. The normalized spacial score (nSPS) is 12.5. The van der Waals surface area contributed by atoms with Crippen LogP contribution < -0.4 is 4.90 Å². The Morgan fingerprint density at radius 2 is 0.769 bits per heavy atom. The summed E-state index contributed by atoms with van der Waals surface area (Å²) in [7, 11) is 0. The molecule has 244 valence electrons. The Morgan fingerprint density at radius 1 is 0.308 bits per heavy atom. The van der Waals surface area contributed by atoms with Crippen LogP contribution in [-0.2, 0) is 6.42 Å². The van der Waals surface area contributed by atoms with Crippen molar-refractivity contribution in [3.63, 3.8) is 0 Å². The molecule has 0 aliphatic carbocycles. The smallest absolute Gasteiger partial charge is 0.0541 e. The molecular formula is C49H33N3. The molecule has 8 aromatic carbocycles. The van der Waals surface area contributed by atoms with E-state index in [1.165, 1.54) is 88.6 Å². The maximum Gasteiger partial charge on any atom is 0.0541 e. The van der Waals surface area contributed by atoms with Crippen LogP contribution in [0.2, 0.25) is 0 Å². The average molecular weight is 664 g/mol. The number of para-hydroxylation sites is 5. The second kappa shape index (κ2) is 11.3. The minimum atomic E-state index is 0.850. The van der Waals surface area contributed by atoms with Gasteiger partial charge in [0.1, 0.15) is 0 Å². The lowest BCUT2D eigenvalue weighted by Gasteiger charge is -2.34. The van der Waals surface area contributed by atoms with Crippen LogP contribution in [0, 0.1) is 0 Å². The largest absolute Gasteiger partial charge is 0.310 e. The van der Waals surface area contributed by atoms with Gasteiger partial charge in [0.25, 0.3) is 0 Å². The molecule has 0 spiro atoms. The molecule has 0 fully saturated rings. The SMILES string of the molecule is c1ccc(N2c3ccc(-c4ccc5c(c4)c4ccccc4n5-c4ccccc4)cc3Cc3cc(-n4c5ccccc5c5ccccc54)ccc32)cc1. The van der Waals surface area contributed by atoms with Crippen LogP contribution in [0.5, 0.6) is 0 Å². The molecule has 2 aromatic heterocycles. The molecule has 0 atom stereocenters. The van der Waals surface area contributed by atoms with E-state index < -0.39 is 0 Å². The van der Waals surface area contributed by atoms with Crippen LogP contribution in [-0.4, -0.2) is 9.13 Å². The zero-order chi connectivity index (χ0) is 34.2. The summed E-state index contributed by atoms with van der Waals surface area (Å²) in [6.07, 6.45) is 0.850. The summed E-state index contributed by atoms with van der Waals surface area (Å²) >= 11 is 0. The minimum absolute atomic E-state index is 0.850. The number of nitrogens with zero attached hydrogens (tertiary/aromatic N) is 3. The van der Waals surface area contributed by atoms with E-state index in [2.05, 4.69) is 202 Å². The molecule has 1 aliphatic rings. The summed E-state index contributed by atoms with van der Waals surface area (Å²) in [4.78, 5) is 2.43. The highest BCUT2D eigenvalue weighted by Gasteiger charge is 2.26. The van der Waals surface area contributed by atoms with Crippen molar-refractivity contribution in [3.05, 3.63) is 199 Å². The van der Waals surface area contributed by atoms with Gasteiger partial charge in [-0.15, -0.1) is 0 Å². The van der Waals surface area contributed by atoms with Crippen LogP contribution in [0.3, 0.4) is 0 Å². The van der Waals surface area contributed by atoms with E-state index in [0.717, 1.165) is 12.1 Å². The maximum absolute atomic E-state index is 2.43. The van der Waals surface area contributed by atoms with E-state index >= 15 is 0 Å². The van der Waals surface area contributed by atoms with Crippen molar-refractivity contribution in [1.29, 1.82) is 0 Å². The van der Waals surface area contributed by atoms with E-state index in [1.54, 1.807) is 0 Å². The molecular weight excluding hydrogens is 631 g/mol. The van der Waals surface area contributed by atoms with Gasteiger partial charge < -0.3 is 14.0 Å². The standard InChI is InChI=1S/C49H33N3/c1-3-13-37(14-4-1)50-44-26-23-33(34-24-27-49-43(32-34)42-19-9-12-22-48(42)51(49)38-15-5-2-6-16-38)29-35(44)30-36-31-39(25-28-45(36)50)52-46-20-10-7-17-40(46)41-18-8-11-21-47(41)52/h1-29,31-32H,30H2. The second-order valence-corrected chi connectivity index (χ2v) is 13.8. The minimum Gasteiger partial charge on any atom is -0.310 e. The number of rotatable bonds is 4. The summed E-state index contributed by atoms with van der Waals surface area (Å²) in [5, 5.41) is 5.09. The van der Waals surface area contributed by atoms with Gasteiger partial charge in [0, 0.05) is 56.4 Å². The highest BCUT2D eigenvalue weighted by Crippen LogP contribution is 2.46. The molecule has 0 saturated heterocycles. The van der Waals surface area contributed by atoms with Gasteiger partial charge in [-0.2, -0.15) is 0 Å². The summed E-state index contributed by atoms with van der Waals surface area (Å²) in [5.74, 6) is 0. The van der Waals surface area contributed by atoms with E-state index in [-0.39, 0.29) is 0 Å². The lowest BCUT2D eigenvalue weighted by Crippen LogP contribution is -2.19. The van der Waals surface area contributed by atoms with Crippen LogP contribution in [0.4, 0.5) is 17.1 Å². The zero-order valence-electron chi connectivity index (χ0n) is 28.4. The van der Waals surface area contributed by atoms with Crippen molar-refractivity contribution in [2.45, 2.75) is 6.42 Å². The van der Waals surface area contributed by atoms with E-state index in [4.69, 9.17) is 0 Å². The van der Waals surface area contributed by atoms with Crippen LogP contribution in [0.1, 0.15) is 11.1 Å². The maximum atomic E-state index is 2.43. The molecule has 0 unspecified atom stereocenters. The molecule has 0 bridgehead atoms. The van der Waals surface area contributed by atoms with Gasteiger partial charge in [0.15, 0.2) is 0 Å². The number of hydrogen-bond donors (Lipinski definition) is 0. The van der Waals surface area contributed by atoms with Gasteiger partial charge in [-0.25, -0.2) is 0 Å². The summed E-state index contributed by atoms with van der Waals surface area (Å²) in [6, 6.07) is 68.7. The predicted molar refractivity (Wildman–Crippen MR) is 218 cm³/mol. The first-order valence-corrected chi connectivity index (χ1v) is 18.0. The Labute approximate surface area is 301 Å². The summed E-state index contributed by atoms with van der Waals surface area (Å²) < 4.78 is 4.80. The van der Waals surface area contributed by atoms with Gasteiger partial charge in [-0.3, -0.25) is 0 Å². The van der Waals surface area contributed by atoms with Crippen LogP contribution >= 0.6 is 0 Å². The van der Waals surface area contributed by atoms with Crippen molar-refractivity contribution in [2.75, 3.05) is 4.90 Å². The summed E-state index contributed by atoms with van der Waals surface area (Å²) in [6.45, 7) is 0. The van der Waals surface area contributed by atoms with Crippen LogP contribution in [0.15, 0.2) is 188 Å². The van der Waals surface area contributed by atoms with Gasteiger partial charge in [-0.1, -0.05) is 103 Å². The monoisotopic (exact) mass is 663 g/mol. The molecule has 0 radical (unpaired) electrons. The third kappa shape index (κ3) is 4.33. The fourth-order valence-corrected chi connectivity index (χ4v) is 8.59. The van der Waals surface area contributed by atoms with E-state index in [0.29, 0.717) is 0 Å². The van der Waals surface area contributed by atoms with Crippen molar-refractivity contribution >= 4 is 60.7 Å². The van der Waals surface area contributed by atoms with Gasteiger partial charge in [-0.05, 0) is 107 Å². The highest BCUT2D eigenvalue weighted by atomic mass is 15.2. The third-order valence-corrected chi connectivity index (χ3v) is 10.9. The van der Waals surface area contributed by atoms with Crippen molar-refractivity contribution in [2.24, 2.45) is 0 Å². The van der Waals surface area contributed by atoms with E-state index in [1.807, 2.05) is 0 Å². The van der Waals surface area contributed by atoms with Gasteiger partial charge in [0.05, 0.1) is 22.1 Å². The van der Waals surface area contributed by atoms with Crippen molar-refractivity contribution in [1.82, 2.24) is 9.13 Å². The number of aromatic nitrogens is 2. The quantitative estimate of drug-likeness (QED) is 0.183. The Morgan fingerprint density at radius 3 is 1.42 bits per heavy atom. The number of fused-ring (bicyclic) bond motifs is 8. The fourth-order valence-electron chi connectivity index (χ4n) is 8.59. The first-order chi connectivity index (χ1) is 25.8. The Bertz CT molecular complexity index is 2930. The Hall–Kier alpha value is -6.84. The molecule has 0 amide bonds. The molecule has 1 aliphatic heterocycles. The zero-order valence-corrected chi connectivity index (χ0v) is 28.4. The predicted octanol–water partition coefficient (Wildman–Crippen LogP) is 12.9. The van der Waals surface area contributed by atoms with E-state index in [9.17, 15) is 0 Å². The molecule has 3 nitrogen and oxygen atoms in total. The summed E-state index contributed by atoms with van der Waals surface area (Å²) in [5.41, 5.74) is 16.0. The third-order valence-electron chi connectivity index (χ3n) is 10.9. The van der Waals surface area contributed by atoms with Crippen LogP contribution in [0.25, 0.3) is 66.1 Å². The highest BCUT2D eigenvalue weighted by molar-refractivity contribution is 6.11. The molecule has 10 aromatic rings. The topological polar surface area (TPSA) is 13.1 Å². The van der Waals surface area contributed by atoms with Gasteiger partial charge in [0.2, 0.25) is 0 Å². The lowest BCUT2D eigenvalue weighted by atomic mass is 9.91. The number of anilines is 3.